The van der Waals surface area contributed by atoms with E-state index >= 15 is 0 Å². The summed E-state index contributed by atoms with van der Waals surface area (Å²) in [7, 11) is 0. The summed E-state index contributed by atoms with van der Waals surface area (Å²) in [5.41, 5.74) is -0.388. The van der Waals surface area contributed by atoms with Gasteiger partial charge in [0.2, 0.25) is 0 Å². The van der Waals surface area contributed by atoms with Crippen LogP contribution in [-0.4, -0.2) is 40.9 Å². The molecule has 1 atom stereocenters. The van der Waals surface area contributed by atoms with Crippen LogP contribution in [0.1, 0.15) is 47.5 Å². The molecule has 1 N–H and O–H groups in total. The lowest BCUT2D eigenvalue weighted by Gasteiger charge is -2.43. The third-order valence-corrected chi connectivity index (χ3v) is 3.03. The first-order chi connectivity index (χ1) is 7.64. The molecule has 1 heterocycles. The van der Waals surface area contributed by atoms with Crippen LogP contribution in [0, 0.1) is 5.41 Å². The summed E-state index contributed by atoms with van der Waals surface area (Å²) in [6, 6.07) is -0.0992. The molecular weight excluding hydrogens is 218 g/mol. The van der Waals surface area contributed by atoms with Gasteiger partial charge in [-0.05, 0) is 39.0 Å². The van der Waals surface area contributed by atoms with Crippen molar-refractivity contribution in [1.82, 2.24) is 4.90 Å². The summed E-state index contributed by atoms with van der Waals surface area (Å²) in [6.45, 7) is 10.5. The predicted octanol–water partition coefficient (Wildman–Crippen LogP) is 2.40. The van der Waals surface area contributed by atoms with E-state index in [9.17, 15) is 9.90 Å². The minimum atomic E-state index is -0.487. The molecule has 1 unspecified atom stereocenters. The minimum absolute atomic E-state index is 0.00925. The third-order valence-electron chi connectivity index (χ3n) is 3.03. The number of ether oxygens (including phenoxy) is 1. The van der Waals surface area contributed by atoms with Crippen LogP contribution >= 0.6 is 0 Å². The van der Waals surface area contributed by atoms with Gasteiger partial charge in [-0.3, -0.25) is 0 Å². The van der Waals surface area contributed by atoms with Crippen LogP contribution in [0.4, 0.5) is 4.79 Å². The molecule has 1 amide bonds. The second kappa shape index (κ2) is 4.84. The maximum atomic E-state index is 12.1. The van der Waals surface area contributed by atoms with E-state index in [4.69, 9.17) is 4.74 Å². The summed E-state index contributed by atoms with van der Waals surface area (Å²) < 4.78 is 5.38. The highest BCUT2D eigenvalue weighted by molar-refractivity contribution is 5.68. The van der Waals surface area contributed by atoms with Crippen LogP contribution < -0.4 is 0 Å². The summed E-state index contributed by atoms with van der Waals surface area (Å²) in [5.74, 6) is 0. The molecule has 1 fully saturated rings. The van der Waals surface area contributed by atoms with E-state index in [1.54, 1.807) is 4.90 Å². The maximum Gasteiger partial charge on any atom is 0.410 e. The Labute approximate surface area is 104 Å². The average Bonchev–Trinajstić information content (AvgIpc) is 2.13. The molecule has 0 aromatic carbocycles. The van der Waals surface area contributed by atoms with E-state index < -0.39 is 5.60 Å². The Bertz CT molecular complexity index is 281. The van der Waals surface area contributed by atoms with Gasteiger partial charge < -0.3 is 14.7 Å². The van der Waals surface area contributed by atoms with Crippen LogP contribution in [0.15, 0.2) is 0 Å². The number of carbonyl (C=O) groups is 1. The lowest BCUT2D eigenvalue weighted by molar-refractivity contribution is -0.0172. The van der Waals surface area contributed by atoms with Crippen molar-refractivity contribution in [1.29, 1.82) is 0 Å². The SMILES string of the molecule is CC1(C)CCC(CO)N(C(=O)OC(C)(C)C)C1. The van der Waals surface area contributed by atoms with Gasteiger partial charge in [0.25, 0.3) is 0 Å². The Balaban J connectivity index is 2.73. The monoisotopic (exact) mass is 243 g/mol. The van der Waals surface area contributed by atoms with Crippen LogP contribution in [0.25, 0.3) is 0 Å². The van der Waals surface area contributed by atoms with E-state index in [-0.39, 0.29) is 24.2 Å². The molecule has 0 aromatic rings. The van der Waals surface area contributed by atoms with Crippen molar-refractivity contribution in [2.75, 3.05) is 13.2 Å². The Morgan fingerprint density at radius 1 is 1.47 bits per heavy atom. The molecule has 1 saturated heterocycles. The molecule has 100 valence electrons. The fourth-order valence-electron chi connectivity index (χ4n) is 2.11. The molecule has 0 spiro atoms. The Kier molecular flexibility index (Phi) is 4.07. The summed E-state index contributed by atoms with van der Waals surface area (Å²) in [6.07, 6.45) is 1.55. The molecule has 1 aliphatic rings. The zero-order valence-electron chi connectivity index (χ0n) is 11.6. The summed E-state index contributed by atoms with van der Waals surface area (Å²) in [4.78, 5) is 13.7. The van der Waals surface area contributed by atoms with E-state index in [0.29, 0.717) is 6.54 Å². The van der Waals surface area contributed by atoms with Gasteiger partial charge in [-0.15, -0.1) is 0 Å². The van der Waals surface area contributed by atoms with E-state index in [2.05, 4.69) is 13.8 Å². The van der Waals surface area contributed by atoms with E-state index in [1.165, 1.54) is 0 Å². The smallest absolute Gasteiger partial charge is 0.410 e. The molecule has 0 bridgehead atoms. The Morgan fingerprint density at radius 2 is 2.06 bits per heavy atom. The first-order valence-corrected chi connectivity index (χ1v) is 6.25. The number of amides is 1. The standard InChI is InChI=1S/C13H25NO3/c1-12(2,3)17-11(16)14-9-13(4,5)7-6-10(14)8-15/h10,15H,6-9H2,1-5H3. The second-order valence-corrected chi connectivity index (χ2v) is 6.65. The first-order valence-electron chi connectivity index (χ1n) is 6.25. The quantitative estimate of drug-likeness (QED) is 0.769. The van der Waals surface area contributed by atoms with Crippen LogP contribution in [-0.2, 0) is 4.74 Å². The van der Waals surface area contributed by atoms with Crippen LogP contribution in [0.2, 0.25) is 0 Å². The van der Waals surface area contributed by atoms with Crippen LogP contribution in [0.5, 0.6) is 0 Å². The molecule has 1 rings (SSSR count). The van der Waals surface area contributed by atoms with Crippen molar-refractivity contribution >= 4 is 6.09 Å². The fraction of sp³-hybridized carbons (Fsp3) is 0.923. The normalized spacial score (nSPS) is 24.6. The fourth-order valence-corrected chi connectivity index (χ4v) is 2.11. The number of piperidine rings is 1. The lowest BCUT2D eigenvalue weighted by atomic mass is 9.81. The van der Waals surface area contributed by atoms with Crippen molar-refractivity contribution in [2.45, 2.75) is 59.1 Å². The predicted molar refractivity (Wildman–Crippen MR) is 66.8 cm³/mol. The molecule has 4 nitrogen and oxygen atoms in total. The maximum absolute atomic E-state index is 12.1. The second-order valence-electron chi connectivity index (χ2n) is 6.65. The van der Waals surface area contributed by atoms with Gasteiger partial charge >= 0.3 is 6.09 Å². The van der Waals surface area contributed by atoms with Crippen molar-refractivity contribution < 1.29 is 14.6 Å². The van der Waals surface area contributed by atoms with Gasteiger partial charge in [0.1, 0.15) is 5.60 Å². The summed E-state index contributed by atoms with van der Waals surface area (Å²) in [5, 5.41) is 9.33. The number of rotatable bonds is 1. The lowest BCUT2D eigenvalue weighted by Crippen LogP contribution is -2.52. The minimum Gasteiger partial charge on any atom is -0.444 e. The molecular formula is C13H25NO3. The molecule has 4 heteroatoms. The van der Waals surface area contributed by atoms with Gasteiger partial charge in [0.15, 0.2) is 0 Å². The third kappa shape index (κ3) is 4.19. The number of nitrogens with zero attached hydrogens (tertiary/aromatic N) is 1. The molecule has 0 radical (unpaired) electrons. The first kappa shape index (κ1) is 14.3. The highest BCUT2D eigenvalue weighted by Crippen LogP contribution is 2.32. The Hall–Kier alpha value is -0.770. The number of carbonyl (C=O) groups excluding carboxylic acids is 1. The zero-order chi connectivity index (χ0) is 13.3. The van der Waals surface area contributed by atoms with Gasteiger partial charge in [-0.1, -0.05) is 13.8 Å². The molecule has 0 aromatic heterocycles. The number of aliphatic hydroxyl groups is 1. The zero-order valence-corrected chi connectivity index (χ0v) is 11.6. The highest BCUT2D eigenvalue weighted by atomic mass is 16.6. The van der Waals surface area contributed by atoms with Crippen molar-refractivity contribution in [3.8, 4) is 0 Å². The number of hydrogen-bond acceptors (Lipinski definition) is 3. The van der Waals surface area contributed by atoms with Gasteiger partial charge in [0, 0.05) is 6.54 Å². The van der Waals surface area contributed by atoms with Crippen molar-refractivity contribution in [3.05, 3.63) is 0 Å². The van der Waals surface area contributed by atoms with Crippen molar-refractivity contribution in [2.24, 2.45) is 5.41 Å². The van der Waals surface area contributed by atoms with Crippen molar-refractivity contribution in [3.63, 3.8) is 0 Å². The largest absolute Gasteiger partial charge is 0.444 e. The molecule has 17 heavy (non-hydrogen) atoms. The van der Waals surface area contributed by atoms with Gasteiger partial charge in [-0.2, -0.15) is 0 Å². The van der Waals surface area contributed by atoms with E-state index in [1.807, 2.05) is 20.8 Å². The Morgan fingerprint density at radius 3 is 2.53 bits per heavy atom. The van der Waals surface area contributed by atoms with Gasteiger partial charge in [-0.25, -0.2) is 4.79 Å². The number of likely N-dealkylation sites (tertiary alicyclic amines) is 1. The highest BCUT2D eigenvalue weighted by Gasteiger charge is 2.37. The van der Waals surface area contributed by atoms with Gasteiger partial charge in [0.05, 0.1) is 12.6 Å². The summed E-state index contributed by atoms with van der Waals surface area (Å²) >= 11 is 0. The topological polar surface area (TPSA) is 49.8 Å². The average molecular weight is 243 g/mol. The molecule has 1 aliphatic heterocycles. The van der Waals surface area contributed by atoms with Crippen LogP contribution in [0.3, 0.4) is 0 Å². The molecule has 0 saturated carbocycles. The number of aliphatic hydroxyl groups excluding tert-OH is 1. The number of hydrogen-bond donors (Lipinski definition) is 1. The van der Waals surface area contributed by atoms with E-state index in [0.717, 1.165) is 12.8 Å². The molecule has 0 aliphatic carbocycles.